The Hall–Kier alpha value is -4.51. The van der Waals surface area contributed by atoms with Crippen LogP contribution in [0.3, 0.4) is 0 Å². The van der Waals surface area contributed by atoms with Crippen LogP contribution in [-0.2, 0) is 4.79 Å². The van der Waals surface area contributed by atoms with Crippen LogP contribution in [0.25, 0.3) is 11.6 Å². The van der Waals surface area contributed by atoms with Crippen molar-refractivity contribution >= 4 is 29.4 Å². The fourth-order valence-corrected chi connectivity index (χ4v) is 3.98. The van der Waals surface area contributed by atoms with E-state index in [0.29, 0.717) is 60.3 Å². The molecule has 0 spiro atoms. The van der Waals surface area contributed by atoms with Crippen LogP contribution < -0.4 is 19.9 Å². The number of ether oxygens (including phenoxy) is 2. The maximum absolute atomic E-state index is 13.9. The van der Waals surface area contributed by atoms with Crippen molar-refractivity contribution in [1.82, 2.24) is 20.3 Å². The average Bonchev–Trinajstić information content (AvgIpc) is 2.95. The van der Waals surface area contributed by atoms with E-state index in [-0.39, 0.29) is 11.5 Å². The number of carbonyl (C=O) groups excluding carboxylic acids is 2. The molecule has 1 saturated heterocycles. The number of methoxy groups -OCH3 is 2. The number of hydroxylamine groups is 1. The van der Waals surface area contributed by atoms with Gasteiger partial charge in [0.15, 0.2) is 11.5 Å². The van der Waals surface area contributed by atoms with E-state index in [1.807, 2.05) is 4.90 Å². The van der Waals surface area contributed by atoms with E-state index in [0.717, 1.165) is 0 Å². The normalized spacial score (nSPS) is 13.8. The number of aromatic nitrogens is 2. The molecule has 37 heavy (non-hydrogen) atoms. The summed E-state index contributed by atoms with van der Waals surface area (Å²) in [6, 6.07) is 11.2. The number of carbonyl (C=O) groups is 2. The van der Waals surface area contributed by atoms with E-state index in [1.165, 1.54) is 44.2 Å². The Morgan fingerprint density at radius 2 is 1.68 bits per heavy atom. The third kappa shape index (κ3) is 5.84. The molecule has 3 aromatic rings. The van der Waals surface area contributed by atoms with Crippen molar-refractivity contribution < 1.29 is 28.7 Å². The minimum Gasteiger partial charge on any atom is -0.493 e. The number of amides is 2. The lowest BCUT2D eigenvalue weighted by Gasteiger charge is -2.35. The monoisotopic (exact) mass is 507 g/mol. The fraction of sp³-hybridized carbons (Fsp3) is 0.231. The van der Waals surface area contributed by atoms with Crippen molar-refractivity contribution in [2.75, 3.05) is 45.3 Å². The third-order valence-electron chi connectivity index (χ3n) is 5.94. The largest absolute Gasteiger partial charge is 0.493 e. The van der Waals surface area contributed by atoms with Crippen molar-refractivity contribution in [3.63, 3.8) is 0 Å². The zero-order chi connectivity index (χ0) is 26.4. The van der Waals surface area contributed by atoms with Gasteiger partial charge in [-0.05, 0) is 41.5 Å². The zero-order valence-electron chi connectivity index (χ0n) is 20.3. The van der Waals surface area contributed by atoms with Gasteiger partial charge in [-0.1, -0.05) is 18.2 Å². The Morgan fingerprint density at radius 1 is 0.973 bits per heavy atom. The first-order valence-corrected chi connectivity index (χ1v) is 11.4. The summed E-state index contributed by atoms with van der Waals surface area (Å²) in [7, 11) is 3.05. The Morgan fingerprint density at radius 3 is 2.30 bits per heavy atom. The summed E-state index contributed by atoms with van der Waals surface area (Å²) in [4.78, 5) is 37.2. The summed E-state index contributed by atoms with van der Waals surface area (Å²) in [5, 5.41) is 8.74. The van der Waals surface area contributed by atoms with Crippen LogP contribution in [0.15, 0.2) is 54.9 Å². The molecule has 11 heteroatoms. The molecule has 1 aromatic heterocycles. The van der Waals surface area contributed by atoms with Gasteiger partial charge in [-0.3, -0.25) is 14.8 Å². The molecular weight excluding hydrogens is 481 g/mol. The van der Waals surface area contributed by atoms with E-state index in [4.69, 9.17) is 14.7 Å². The molecule has 1 aliphatic heterocycles. The quantitative estimate of drug-likeness (QED) is 0.217. The van der Waals surface area contributed by atoms with Gasteiger partial charge < -0.3 is 19.3 Å². The molecule has 2 N–H and O–H groups in total. The molecule has 192 valence electrons. The first-order valence-electron chi connectivity index (χ1n) is 11.4. The van der Waals surface area contributed by atoms with Crippen LogP contribution in [0, 0.1) is 5.82 Å². The summed E-state index contributed by atoms with van der Waals surface area (Å²) in [6.07, 6.45) is 4.30. The smallest absolute Gasteiger partial charge is 0.277 e. The van der Waals surface area contributed by atoms with Gasteiger partial charge in [-0.25, -0.2) is 19.8 Å². The predicted molar refractivity (Wildman–Crippen MR) is 134 cm³/mol. The van der Waals surface area contributed by atoms with Crippen molar-refractivity contribution in [1.29, 1.82) is 0 Å². The van der Waals surface area contributed by atoms with E-state index in [2.05, 4.69) is 9.97 Å². The van der Waals surface area contributed by atoms with Crippen molar-refractivity contribution in [3.8, 4) is 11.5 Å². The third-order valence-corrected chi connectivity index (χ3v) is 5.94. The van der Waals surface area contributed by atoms with Gasteiger partial charge in [-0.2, -0.15) is 0 Å². The SMILES string of the molecule is COc1ccc(C(=Cc2cccc(F)c2)C(=O)N2CCN(c3ncc(C(=O)NO)cn3)CC2)cc1OC. The molecule has 0 atom stereocenters. The van der Waals surface area contributed by atoms with E-state index in [1.54, 1.807) is 41.3 Å². The van der Waals surface area contributed by atoms with E-state index >= 15 is 0 Å². The summed E-state index contributed by atoms with van der Waals surface area (Å²) < 4.78 is 24.6. The minimum absolute atomic E-state index is 0.127. The van der Waals surface area contributed by atoms with Crippen molar-refractivity contribution in [2.24, 2.45) is 0 Å². The highest BCUT2D eigenvalue weighted by Gasteiger charge is 2.26. The molecule has 0 unspecified atom stereocenters. The summed E-state index contributed by atoms with van der Waals surface area (Å²) >= 11 is 0. The Bertz CT molecular complexity index is 1310. The van der Waals surface area contributed by atoms with E-state index in [9.17, 15) is 14.0 Å². The standard InChI is InChI=1S/C26H26FN5O5/c1-36-22-7-6-18(14-23(22)37-2)21(13-17-4-3-5-20(27)12-17)25(34)31-8-10-32(11-9-31)26-28-15-19(16-29-26)24(33)30-35/h3-7,12-16,35H,8-11H2,1-2H3,(H,30,33). The number of hydrogen-bond donors (Lipinski definition) is 2. The molecule has 0 bridgehead atoms. The highest BCUT2D eigenvalue weighted by molar-refractivity contribution is 6.24. The predicted octanol–water partition coefficient (Wildman–Crippen LogP) is 2.64. The van der Waals surface area contributed by atoms with Gasteiger partial charge >= 0.3 is 0 Å². The number of rotatable bonds is 7. The van der Waals surface area contributed by atoms with Crippen LogP contribution >= 0.6 is 0 Å². The molecule has 0 saturated carbocycles. The summed E-state index contributed by atoms with van der Waals surface area (Å²) in [6.45, 7) is 1.73. The van der Waals surface area contributed by atoms with Crippen molar-refractivity contribution in [3.05, 3.63) is 77.4 Å². The van der Waals surface area contributed by atoms with Gasteiger partial charge in [0.05, 0.1) is 19.8 Å². The van der Waals surface area contributed by atoms with Gasteiger partial charge in [0, 0.05) is 44.1 Å². The maximum atomic E-state index is 13.9. The number of nitrogens with one attached hydrogen (secondary N) is 1. The van der Waals surface area contributed by atoms with Gasteiger partial charge in [-0.15, -0.1) is 0 Å². The van der Waals surface area contributed by atoms with Crippen LogP contribution in [-0.4, -0.2) is 72.3 Å². The number of anilines is 1. The fourth-order valence-electron chi connectivity index (χ4n) is 3.98. The molecule has 2 heterocycles. The van der Waals surface area contributed by atoms with Crippen LogP contribution in [0.2, 0.25) is 0 Å². The molecule has 4 rings (SSSR count). The van der Waals surface area contributed by atoms with Crippen LogP contribution in [0.1, 0.15) is 21.5 Å². The first-order chi connectivity index (χ1) is 17.9. The van der Waals surface area contributed by atoms with Gasteiger partial charge in [0.25, 0.3) is 11.8 Å². The maximum Gasteiger partial charge on any atom is 0.277 e. The number of hydrogen-bond acceptors (Lipinski definition) is 8. The Kier molecular flexibility index (Phi) is 7.94. The van der Waals surface area contributed by atoms with Crippen LogP contribution in [0.5, 0.6) is 11.5 Å². The highest BCUT2D eigenvalue weighted by atomic mass is 19.1. The number of halogens is 1. The molecule has 0 aliphatic carbocycles. The minimum atomic E-state index is -0.699. The molecule has 1 aliphatic rings. The summed E-state index contributed by atoms with van der Waals surface area (Å²) in [5.74, 6) is 0.0980. The number of nitrogens with zero attached hydrogens (tertiary/aromatic N) is 4. The average molecular weight is 508 g/mol. The van der Waals surface area contributed by atoms with Gasteiger partial charge in [0.2, 0.25) is 5.95 Å². The lowest BCUT2D eigenvalue weighted by Crippen LogP contribution is -2.49. The lowest BCUT2D eigenvalue weighted by atomic mass is 10.00. The number of piperazine rings is 1. The second kappa shape index (κ2) is 11.5. The Labute approximate surface area is 212 Å². The molecule has 1 fully saturated rings. The van der Waals surface area contributed by atoms with Crippen LogP contribution in [0.4, 0.5) is 10.3 Å². The lowest BCUT2D eigenvalue weighted by molar-refractivity contribution is -0.125. The van der Waals surface area contributed by atoms with Crippen molar-refractivity contribution in [2.45, 2.75) is 0 Å². The zero-order valence-corrected chi connectivity index (χ0v) is 20.3. The molecular formula is C26H26FN5O5. The van der Waals surface area contributed by atoms with E-state index < -0.39 is 11.7 Å². The highest BCUT2D eigenvalue weighted by Crippen LogP contribution is 2.32. The Balaban J connectivity index is 1.57. The van der Waals surface area contributed by atoms with Gasteiger partial charge in [0.1, 0.15) is 5.82 Å². The molecule has 2 aromatic carbocycles. The topological polar surface area (TPSA) is 117 Å². The summed E-state index contributed by atoms with van der Waals surface area (Å²) in [5.41, 5.74) is 3.21. The molecule has 10 nitrogen and oxygen atoms in total. The second-order valence-electron chi connectivity index (χ2n) is 8.17. The molecule has 2 amide bonds. The first kappa shape index (κ1) is 25.6. The number of benzene rings is 2. The molecule has 0 radical (unpaired) electrons. The second-order valence-corrected chi connectivity index (χ2v) is 8.17.